The Morgan fingerprint density at radius 3 is 2.05 bits per heavy atom. The average Bonchev–Trinajstić information content (AvgIpc) is 2.50. The van der Waals surface area contributed by atoms with Gasteiger partial charge in [0.15, 0.2) is 11.5 Å². The van der Waals surface area contributed by atoms with Gasteiger partial charge in [0, 0.05) is 5.33 Å². The molecule has 0 fully saturated rings. The molecule has 20 heavy (non-hydrogen) atoms. The van der Waals surface area contributed by atoms with Crippen molar-refractivity contribution >= 4 is 15.9 Å². The molecule has 0 aliphatic heterocycles. The van der Waals surface area contributed by atoms with Crippen LogP contribution in [0, 0.1) is 0 Å². The molecule has 114 valence electrons. The van der Waals surface area contributed by atoms with Crippen molar-refractivity contribution in [3.63, 3.8) is 0 Å². The Morgan fingerprint density at radius 2 is 1.55 bits per heavy atom. The van der Waals surface area contributed by atoms with Crippen LogP contribution in [0.25, 0.3) is 0 Å². The number of hydrogen-bond acceptors (Lipinski definition) is 3. The van der Waals surface area contributed by atoms with E-state index in [0.717, 1.165) is 28.8 Å². The highest BCUT2D eigenvalue weighted by Crippen LogP contribution is 2.39. The van der Waals surface area contributed by atoms with Crippen molar-refractivity contribution < 1.29 is 14.2 Å². The van der Waals surface area contributed by atoms with Gasteiger partial charge in [-0.2, -0.15) is 0 Å². The summed E-state index contributed by atoms with van der Waals surface area (Å²) in [5, 5.41) is 0.761. The number of ether oxygens (including phenoxy) is 3. The zero-order chi connectivity index (χ0) is 14.8. The molecule has 3 nitrogen and oxygen atoms in total. The van der Waals surface area contributed by atoms with Gasteiger partial charge in [-0.3, -0.25) is 0 Å². The molecule has 0 radical (unpaired) electrons. The van der Waals surface area contributed by atoms with Crippen molar-refractivity contribution in [2.24, 2.45) is 0 Å². The highest BCUT2D eigenvalue weighted by molar-refractivity contribution is 9.08. The van der Waals surface area contributed by atoms with Crippen molar-refractivity contribution in [2.75, 3.05) is 20.8 Å². The second-order valence-corrected chi connectivity index (χ2v) is 5.29. The third kappa shape index (κ3) is 5.23. The second kappa shape index (κ2) is 9.92. The summed E-state index contributed by atoms with van der Waals surface area (Å²) in [5.74, 6) is 2.16. The molecule has 0 heterocycles. The first kappa shape index (κ1) is 17.2. The van der Waals surface area contributed by atoms with Crippen LogP contribution in [0.2, 0.25) is 0 Å². The van der Waals surface area contributed by atoms with E-state index in [0.29, 0.717) is 12.4 Å². The minimum Gasteiger partial charge on any atom is -0.493 e. The summed E-state index contributed by atoms with van der Waals surface area (Å²) in [4.78, 5) is 0. The molecule has 0 aliphatic carbocycles. The Morgan fingerprint density at radius 1 is 0.950 bits per heavy atom. The molecule has 0 amide bonds. The summed E-state index contributed by atoms with van der Waals surface area (Å²) in [5.41, 5.74) is 1.11. The molecule has 0 bridgehead atoms. The zero-order valence-electron chi connectivity index (χ0n) is 12.7. The van der Waals surface area contributed by atoms with E-state index in [1.165, 1.54) is 25.7 Å². The van der Waals surface area contributed by atoms with E-state index in [1.54, 1.807) is 14.2 Å². The molecule has 0 aromatic heterocycles. The average molecular weight is 345 g/mol. The topological polar surface area (TPSA) is 27.7 Å². The number of rotatable bonds is 10. The van der Waals surface area contributed by atoms with Crippen LogP contribution < -0.4 is 14.2 Å². The molecule has 0 aliphatic rings. The lowest BCUT2D eigenvalue weighted by Crippen LogP contribution is -2.02. The highest BCUT2D eigenvalue weighted by Gasteiger charge is 2.13. The summed E-state index contributed by atoms with van der Waals surface area (Å²) >= 11 is 3.44. The van der Waals surface area contributed by atoms with Gasteiger partial charge in [-0.1, -0.05) is 48.5 Å². The third-order valence-electron chi connectivity index (χ3n) is 3.17. The summed E-state index contributed by atoms with van der Waals surface area (Å²) in [6, 6.07) is 3.95. The first-order valence-electron chi connectivity index (χ1n) is 7.20. The van der Waals surface area contributed by atoms with E-state index in [-0.39, 0.29) is 0 Å². The van der Waals surface area contributed by atoms with Crippen LogP contribution >= 0.6 is 15.9 Å². The molecule has 0 unspecified atom stereocenters. The molecule has 1 aromatic carbocycles. The quantitative estimate of drug-likeness (QED) is 0.444. The predicted molar refractivity (Wildman–Crippen MR) is 86.4 cm³/mol. The Hall–Kier alpha value is -0.900. The van der Waals surface area contributed by atoms with Gasteiger partial charge in [0.25, 0.3) is 0 Å². The van der Waals surface area contributed by atoms with Gasteiger partial charge in [-0.25, -0.2) is 0 Å². The molecule has 0 saturated heterocycles. The van der Waals surface area contributed by atoms with E-state index < -0.39 is 0 Å². The normalized spacial score (nSPS) is 10.4. The molecular formula is C16H25BrO3. The number of hydrogen-bond donors (Lipinski definition) is 0. The largest absolute Gasteiger partial charge is 0.493 e. The van der Waals surface area contributed by atoms with Crippen molar-refractivity contribution in [1.29, 1.82) is 0 Å². The van der Waals surface area contributed by atoms with Crippen LogP contribution in [-0.4, -0.2) is 20.8 Å². The fraction of sp³-hybridized carbons (Fsp3) is 0.625. The van der Waals surface area contributed by atoms with Crippen molar-refractivity contribution in [3.8, 4) is 17.2 Å². The van der Waals surface area contributed by atoms with Gasteiger partial charge in [-0.05, 0) is 24.1 Å². The summed E-state index contributed by atoms with van der Waals surface area (Å²) in [6.45, 7) is 2.92. The lowest BCUT2D eigenvalue weighted by Gasteiger charge is -2.15. The molecule has 0 saturated carbocycles. The van der Waals surface area contributed by atoms with Gasteiger partial charge in [0.1, 0.15) is 0 Å². The molecule has 0 atom stereocenters. The van der Waals surface area contributed by atoms with Crippen molar-refractivity contribution in [1.82, 2.24) is 0 Å². The first-order valence-corrected chi connectivity index (χ1v) is 8.32. The maximum Gasteiger partial charge on any atom is 0.203 e. The van der Waals surface area contributed by atoms with Gasteiger partial charge in [0.05, 0.1) is 20.8 Å². The highest BCUT2D eigenvalue weighted by atomic mass is 79.9. The standard InChI is InChI=1S/C16H25BrO3/c1-4-5-6-7-8-9-20-16-14(18-2)10-13(12-17)11-15(16)19-3/h10-11H,4-9,12H2,1-3H3. The molecular weight excluding hydrogens is 320 g/mol. The molecule has 1 rings (SSSR count). The predicted octanol–water partition coefficient (Wildman–Crippen LogP) is 4.95. The zero-order valence-corrected chi connectivity index (χ0v) is 14.3. The maximum absolute atomic E-state index is 5.86. The number of halogens is 1. The SMILES string of the molecule is CCCCCCCOc1c(OC)cc(CBr)cc1OC. The minimum atomic E-state index is 0.699. The first-order chi connectivity index (χ1) is 9.76. The summed E-state index contributed by atoms with van der Waals surface area (Å²) in [6.07, 6.45) is 6.10. The van der Waals surface area contributed by atoms with E-state index in [9.17, 15) is 0 Å². The van der Waals surface area contributed by atoms with Gasteiger partial charge >= 0.3 is 0 Å². The second-order valence-electron chi connectivity index (χ2n) is 4.73. The van der Waals surface area contributed by atoms with Crippen LogP contribution in [0.5, 0.6) is 17.2 Å². The fourth-order valence-electron chi connectivity index (χ4n) is 2.03. The van der Waals surface area contributed by atoms with Gasteiger partial charge in [0.2, 0.25) is 5.75 Å². The number of alkyl halides is 1. The Bertz CT molecular complexity index is 368. The third-order valence-corrected chi connectivity index (χ3v) is 3.82. The summed E-state index contributed by atoms with van der Waals surface area (Å²) in [7, 11) is 3.31. The van der Waals surface area contributed by atoms with Crippen LogP contribution in [0.4, 0.5) is 0 Å². The van der Waals surface area contributed by atoms with Crippen molar-refractivity contribution in [3.05, 3.63) is 17.7 Å². The van der Waals surface area contributed by atoms with Gasteiger partial charge < -0.3 is 14.2 Å². The summed E-state index contributed by atoms with van der Waals surface area (Å²) < 4.78 is 16.7. The van der Waals surface area contributed by atoms with Crippen LogP contribution in [0.3, 0.4) is 0 Å². The lowest BCUT2D eigenvalue weighted by atomic mass is 10.1. The molecule has 0 N–H and O–H groups in total. The molecule has 4 heteroatoms. The van der Waals surface area contributed by atoms with Crippen molar-refractivity contribution in [2.45, 2.75) is 44.4 Å². The minimum absolute atomic E-state index is 0.699. The monoisotopic (exact) mass is 344 g/mol. The Labute approximate surface area is 130 Å². The molecule has 0 spiro atoms. The maximum atomic E-state index is 5.86. The van der Waals surface area contributed by atoms with E-state index in [4.69, 9.17) is 14.2 Å². The van der Waals surface area contributed by atoms with Gasteiger partial charge in [-0.15, -0.1) is 0 Å². The number of methoxy groups -OCH3 is 2. The van der Waals surface area contributed by atoms with E-state index in [2.05, 4.69) is 22.9 Å². The molecule has 1 aromatic rings. The Balaban J connectivity index is 2.63. The van der Waals surface area contributed by atoms with E-state index in [1.807, 2.05) is 12.1 Å². The van der Waals surface area contributed by atoms with Crippen LogP contribution in [0.1, 0.15) is 44.6 Å². The lowest BCUT2D eigenvalue weighted by molar-refractivity contribution is 0.267. The smallest absolute Gasteiger partial charge is 0.203 e. The van der Waals surface area contributed by atoms with E-state index >= 15 is 0 Å². The number of unbranched alkanes of at least 4 members (excludes halogenated alkanes) is 4. The Kier molecular flexibility index (Phi) is 8.51. The fourth-order valence-corrected chi connectivity index (χ4v) is 2.36. The number of benzene rings is 1. The van der Waals surface area contributed by atoms with Crippen LogP contribution in [-0.2, 0) is 5.33 Å². The van der Waals surface area contributed by atoms with Crippen LogP contribution in [0.15, 0.2) is 12.1 Å².